The number of carbonyl (C=O) groups excluding carboxylic acids is 1. The van der Waals surface area contributed by atoms with Crippen LogP contribution in [0, 0.1) is 11.6 Å². The SMILES string of the molecule is O=C(Nc1ccc(NS(=O)(=O)c2ccc(F)c(F)c2)cc1)c1cn(Cc2ccccc2)nn1. The Hall–Kier alpha value is -4.12. The average Bonchev–Trinajstić information content (AvgIpc) is 3.26. The van der Waals surface area contributed by atoms with Gasteiger partial charge in [0.1, 0.15) is 0 Å². The molecule has 4 aromatic rings. The molecule has 1 aromatic heterocycles. The first kappa shape index (κ1) is 22.1. The van der Waals surface area contributed by atoms with Crippen molar-refractivity contribution in [3.05, 3.63) is 102 Å². The largest absolute Gasteiger partial charge is 0.321 e. The van der Waals surface area contributed by atoms with Gasteiger partial charge >= 0.3 is 0 Å². The lowest BCUT2D eigenvalue weighted by atomic mass is 10.2. The molecule has 0 bridgehead atoms. The van der Waals surface area contributed by atoms with Crippen LogP contribution in [0.2, 0.25) is 0 Å². The smallest absolute Gasteiger partial charge is 0.277 e. The van der Waals surface area contributed by atoms with E-state index < -0.39 is 32.5 Å². The van der Waals surface area contributed by atoms with Crippen molar-refractivity contribution in [1.82, 2.24) is 15.0 Å². The number of anilines is 2. The summed E-state index contributed by atoms with van der Waals surface area (Å²) in [4.78, 5) is 12.0. The number of hydrogen-bond acceptors (Lipinski definition) is 5. The van der Waals surface area contributed by atoms with E-state index in [0.29, 0.717) is 18.3 Å². The fourth-order valence-corrected chi connectivity index (χ4v) is 4.00. The molecule has 0 fully saturated rings. The highest BCUT2D eigenvalue weighted by Crippen LogP contribution is 2.20. The highest BCUT2D eigenvalue weighted by Gasteiger charge is 2.17. The number of benzene rings is 3. The van der Waals surface area contributed by atoms with Crippen molar-refractivity contribution >= 4 is 27.3 Å². The summed E-state index contributed by atoms with van der Waals surface area (Å²) in [7, 11) is -4.12. The van der Waals surface area contributed by atoms with Gasteiger partial charge in [0.15, 0.2) is 17.3 Å². The monoisotopic (exact) mass is 469 g/mol. The van der Waals surface area contributed by atoms with Crippen molar-refractivity contribution in [3.63, 3.8) is 0 Å². The molecule has 8 nitrogen and oxygen atoms in total. The van der Waals surface area contributed by atoms with E-state index in [2.05, 4.69) is 20.4 Å². The van der Waals surface area contributed by atoms with Gasteiger partial charge in [-0.3, -0.25) is 9.52 Å². The summed E-state index contributed by atoms with van der Waals surface area (Å²) in [5.41, 5.74) is 1.70. The summed E-state index contributed by atoms with van der Waals surface area (Å²) >= 11 is 0. The minimum atomic E-state index is -4.12. The summed E-state index contributed by atoms with van der Waals surface area (Å²) in [5.74, 6) is -2.89. The topological polar surface area (TPSA) is 106 Å². The number of hydrogen-bond donors (Lipinski definition) is 2. The fourth-order valence-electron chi connectivity index (χ4n) is 2.93. The second-order valence-corrected chi connectivity index (χ2v) is 8.68. The molecular weight excluding hydrogens is 452 g/mol. The number of amides is 1. The maximum atomic E-state index is 13.4. The zero-order valence-corrected chi connectivity index (χ0v) is 17.8. The van der Waals surface area contributed by atoms with Gasteiger partial charge in [-0.2, -0.15) is 0 Å². The van der Waals surface area contributed by atoms with Crippen LogP contribution < -0.4 is 10.0 Å². The van der Waals surface area contributed by atoms with E-state index in [0.717, 1.165) is 17.7 Å². The molecule has 0 aliphatic carbocycles. The van der Waals surface area contributed by atoms with E-state index in [-0.39, 0.29) is 11.4 Å². The molecule has 1 heterocycles. The molecular formula is C22H17F2N5O3S. The molecule has 33 heavy (non-hydrogen) atoms. The van der Waals surface area contributed by atoms with Crippen molar-refractivity contribution in [3.8, 4) is 0 Å². The molecule has 0 radical (unpaired) electrons. The van der Waals surface area contributed by atoms with Crippen LogP contribution in [0.3, 0.4) is 0 Å². The molecule has 1 amide bonds. The number of nitrogens with one attached hydrogen (secondary N) is 2. The van der Waals surface area contributed by atoms with E-state index in [1.807, 2.05) is 30.3 Å². The Kier molecular flexibility index (Phi) is 6.13. The number of aromatic nitrogens is 3. The van der Waals surface area contributed by atoms with Gasteiger partial charge in [-0.25, -0.2) is 21.9 Å². The van der Waals surface area contributed by atoms with Gasteiger partial charge in [-0.05, 0) is 48.0 Å². The molecule has 0 unspecified atom stereocenters. The van der Waals surface area contributed by atoms with E-state index in [4.69, 9.17) is 0 Å². The fraction of sp³-hybridized carbons (Fsp3) is 0.0455. The summed E-state index contributed by atoms with van der Waals surface area (Å²) in [6, 6.07) is 17.7. The van der Waals surface area contributed by atoms with Crippen LogP contribution in [0.25, 0.3) is 0 Å². The number of nitrogens with zero attached hydrogens (tertiary/aromatic N) is 3. The third-order valence-corrected chi connectivity index (χ3v) is 5.93. The Morgan fingerprint density at radius 3 is 2.30 bits per heavy atom. The molecule has 168 valence electrons. The van der Waals surface area contributed by atoms with E-state index >= 15 is 0 Å². The van der Waals surface area contributed by atoms with Gasteiger partial charge < -0.3 is 5.32 Å². The lowest BCUT2D eigenvalue weighted by molar-refractivity contribution is 0.102. The summed E-state index contributed by atoms with van der Waals surface area (Å²) in [5, 5.41) is 10.5. The summed E-state index contributed by atoms with van der Waals surface area (Å²) in [6.07, 6.45) is 1.52. The Morgan fingerprint density at radius 1 is 0.909 bits per heavy atom. The van der Waals surface area contributed by atoms with E-state index in [1.54, 1.807) is 4.68 Å². The molecule has 4 rings (SSSR count). The molecule has 0 atom stereocenters. The minimum Gasteiger partial charge on any atom is -0.321 e. The second-order valence-electron chi connectivity index (χ2n) is 7.00. The summed E-state index contributed by atoms with van der Waals surface area (Å²) < 4.78 is 54.9. The Morgan fingerprint density at radius 2 is 1.61 bits per heavy atom. The average molecular weight is 469 g/mol. The van der Waals surface area contributed by atoms with Crippen molar-refractivity contribution in [2.75, 3.05) is 10.0 Å². The van der Waals surface area contributed by atoms with Gasteiger partial charge in [0.25, 0.3) is 15.9 Å². The number of rotatable bonds is 7. The van der Waals surface area contributed by atoms with E-state index in [1.165, 1.54) is 30.5 Å². The highest BCUT2D eigenvalue weighted by atomic mass is 32.2. The molecule has 0 saturated carbocycles. The van der Waals surface area contributed by atoms with Crippen LogP contribution in [0.4, 0.5) is 20.2 Å². The van der Waals surface area contributed by atoms with Crippen molar-refractivity contribution in [2.24, 2.45) is 0 Å². The summed E-state index contributed by atoms with van der Waals surface area (Å²) in [6.45, 7) is 0.466. The van der Waals surface area contributed by atoms with Crippen LogP contribution in [0.5, 0.6) is 0 Å². The molecule has 0 aliphatic rings. The van der Waals surface area contributed by atoms with Crippen LogP contribution >= 0.6 is 0 Å². The number of carbonyl (C=O) groups is 1. The number of halogens is 2. The van der Waals surface area contributed by atoms with Crippen LogP contribution in [0.1, 0.15) is 16.1 Å². The molecule has 11 heteroatoms. The van der Waals surface area contributed by atoms with Gasteiger partial charge in [0.05, 0.1) is 17.6 Å². The maximum Gasteiger partial charge on any atom is 0.277 e. The quantitative estimate of drug-likeness (QED) is 0.430. The van der Waals surface area contributed by atoms with E-state index in [9.17, 15) is 22.0 Å². The zero-order valence-electron chi connectivity index (χ0n) is 16.9. The Bertz CT molecular complexity index is 1390. The molecule has 3 aromatic carbocycles. The third-order valence-electron chi connectivity index (χ3n) is 4.56. The second kappa shape index (κ2) is 9.17. The lowest BCUT2D eigenvalue weighted by Crippen LogP contribution is -2.14. The van der Waals surface area contributed by atoms with Crippen molar-refractivity contribution in [2.45, 2.75) is 11.4 Å². The Balaban J connectivity index is 1.39. The maximum absolute atomic E-state index is 13.4. The predicted octanol–water partition coefficient (Wildman–Crippen LogP) is 3.66. The highest BCUT2D eigenvalue weighted by molar-refractivity contribution is 7.92. The first-order valence-electron chi connectivity index (χ1n) is 9.63. The lowest BCUT2D eigenvalue weighted by Gasteiger charge is -2.09. The van der Waals surface area contributed by atoms with Gasteiger partial charge in [0.2, 0.25) is 0 Å². The van der Waals surface area contributed by atoms with Crippen molar-refractivity contribution in [1.29, 1.82) is 0 Å². The van der Waals surface area contributed by atoms with Crippen LogP contribution in [0.15, 0.2) is 83.9 Å². The third kappa shape index (κ3) is 5.39. The minimum absolute atomic E-state index is 0.119. The first-order valence-corrected chi connectivity index (χ1v) is 11.1. The van der Waals surface area contributed by atoms with Gasteiger partial charge in [-0.1, -0.05) is 35.5 Å². The van der Waals surface area contributed by atoms with Crippen LogP contribution in [-0.4, -0.2) is 29.3 Å². The first-order chi connectivity index (χ1) is 15.8. The van der Waals surface area contributed by atoms with Gasteiger partial charge in [0, 0.05) is 11.4 Å². The predicted molar refractivity (Wildman–Crippen MR) is 117 cm³/mol. The molecule has 0 aliphatic heterocycles. The van der Waals surface area contributed by atoms with Crippen LogP contribution in [-0.2, 0) is 16.6 Å². The zero-order chi connectivity index (χ0) is 23.4. The normalized spacial score (nSPS) is 11.2. The van der Waals surface area contributed by atoms with Gasteiger partial charge in [-0.15, -0.1) is 5.10 Å². The number of sulfonamides is 1. The van der Waals surface area contributed by atoms with Crippen molar-refractivity contribution < 1.29 is 22.0 Å². The Labute approximate surface area is 187 Å². The molecule has 2 N–H and O–H groups in total. The molecule has 0 saturated heterocycles. The standard InChI is InChI=1S/C22H17F2N5O3S/c23-19-11-10-18(12-20(19)24)33(31,32)27-17-8-6-16(7-9-17)25-22(30)21-14-29(28-26-21)13-15-4-2-1-3-5-15/h1-12,14,27H,13H2,(H,25,30). The molecule has 0 spiro atoms.